The van der Waals surface area contributed by atoms with Gasteiger partial charge in [0.1, 0.15) is 0 Å². The van der Waals surface area contributed by atoms with Gasteiger partial charge in [-0.2, -0.15) is 0 Å². The zero-order valence-electron chi connectivity index (χ0n) is 12.3. The largest absolute Gasteiger partial charge is 0.308 e. The summed E-state index contributed by atoms with van der Waals surface area (Å²) in [5.41, 5.74) is 5.15. The second-order valence-electron chi connectivity index (χ2n) is 5.78. The predicted octanol–water partition coefficient (Wildman–Crippen LogP) is 3.97. The Hall–Kier alpha value is -1.67. The lowest BCUT2D eigenvalue weighted by molar-refractivity contribution is 0.419. The number of nitrogens with one attached hydrogen (secondary N) is 1. The average molecular weight is 266 g/mol. The Morgan fingerprint density at radius 2 is 2.05 bits per heavy atom. The summed E-state index contributed by atoms with van der Waals surface area (Å²) in [4.78, 5) is 4.53. The molecule has 0 saturated heterocycles. The fourth-order valence-corrected chi connectivity index (χ4v) is 2.94. The summed E-state index contributed by atoms with van der Waals surface area (Å²) < 4.78 is 0. The number of nitrogens with zero attached hydrogens (tertiary/aromatic N) is 1. The van der Waals surface area contributed by atoms with Crippen molar-refractivity contribution in [3.8, 4) is 0 Å². The number of aryl methyl sites for hydroxylation is 1. The summed E-state index contributed by atoms with van der Waals surface area (Å²) in [7, 11) is 2.00. The Bertz CT molecular complexity index is 587. The van der Waals surface area contributed by atoms with Crippen molar-refractivity contribution in [1.29, 1.82) is 0 Å². The molecule has 1 heterocycles. The van der Waals surface area contributed by atoms with Gasteiger partial charge in [-0.3, -0.25) is 4.98 Å². The summed E-state index contributed by atoms with van der Waals surface area (Å²) in [5, 5.41) is 3.40. The third-order valence-corrected chi connectivity index (χ3v) is 4.34. The standard InChI is InChI=1S/C18H22N2/c1-13-9-10-20-17(11-13)18(19-2)16-8-4-7-15(12-16)14-5-3-6-14/h4,7-12,14,18-19H,3,5-6H2,1-2H3. The van der Waals surface area contributed by atoms with Crippen LogP contribution in [-0.2, 0) is 0 Å². The van der Waals surface area contributed by atoms with E-state index in [9.17, 15) is 0 Å². The van der Waals surface area contributed by atoms with Crippen molar-refractivity contribution in [2.45, 2.75) is 38.1 Å². The second-order valence-corrected chi connectivity index (χ2v) is 5.78. The maximum atomic E-state index is 4.53. The van der Waals surface area contributed by atoms with Gasteiger partial charge >= 0.3 is 0 Å². The summed E-state index contributed by atoms with van der Waals surface area (Å²) in [6.07, 6.45) is 5.96. The lowest BCUT2D eigenvalue weighted by Crippen LogP contribution is -2.19. The third-order valence-electron chi connectivity index (χ3n) is 4.34. The number of pyridine rings is 1. The van der Waals surface area contributed by atoms with Crippen LogP contribution in [0.1, 0.15) is 53.6 Å². The van der Waals surface area contributed by atoms with E-state index < -0.39 is 0 Å². The van der Waals surface area contributed by atoms with Crippen molar-refractivity contribution < 1.29 is 0 Å². The molecule has 2 heteroatoms. The van der Waals surface area contributed by atoms with Crippen LogP contribution in [0.3, 0.4) is 0 Å². The molecular weight excluding hydrogens is 244 g/mol. The maximum Gasteiger partial charge on any atom is 0.0749 e. The number of hydrogen-bond acceptors (Lipinski definition) is 2. The molecule has 0 aliphatic heterocycles. The minimum atomic E-state index is 0.176. The number of hydrogen-bond donors (Lipinski definition) is 1. The van der Waals surface area contributed by atoms with Crippen LogP contribution in [-0.4, -0.2) is 12.0 Å². The molecule has 0 bridgehead atoms. The van der Waals surface area contributed by atoms with Crippen LogP contribution in [0, 0.1) is 6.92 Å². The summed E-state index contributed by atoms with van der Waals surface area (Å²) in [6, 6.07) is 13.4. The first kappa shape index (κ1) is 13.3. The van der Waals surface area contributed by atoms with Gasteiger partial charge in [0.05, 0.1) is 11.7 Å². The van der Waals surface area contributed by atoms with Gasteiger partial charge in [-0.1, -0.05) is 30.7 Å². The Balaban J connectivity index is 1.92. The van der Waals surface area contributed by atoms with E-state index in [0.717, 1.165) is 11.6 Å². The van der Waals surface area contributed by atoms with Gasteiger partial charge in [0, 0.05) is 6.20 Å². The third kappa shape index (κ3) is 2.61. The molecule has 3 rings (SSSR count). The second kappa shape index (κ2) is 5.76. The fourth-order valence-electron chi connectivity index (χ4n) is 2.94. The van der Waals surface area contributed by atoms with Gasteiger partial charge in [-0.05, 0) is 61.6 Å². The van der Waals surface area contributed by atoms with Gasteiger partial charge in [-0.15, -0.1) is 0 Å². The smallest absolute Gasteiger partial charge is 0.0749 e. The van der Waals surface area contributed by atoms with Crippen molar-refractivity contribution in [3.05, 3.63) is 65.0 Å². The highest BCUT2D eigenvalue weighted by Gasteiger charge is 2.21. The molecule has 20 heavy (non-hydrogen) atoms. The van der Waals surface area contributed by atoms with Crippen molar-refractivity contribution in [3.63, 3.8) is 0 Å². The number of benzene rings is 1. The molecule has 1 N–H and O–H groups in total. The van der Waals surface area contributed by atoms with Gasteiger partial charge in [-0.25, -0.2) is 0 Å². The van der Waals surface area contributed by atoms with E-state index in [-0.39, 0.29) is 6.04 Å². The Kier molecular flexibility index (Phi) is 3.83. The van der Waals surface area contributed by atoms with Gasteiger partial charge < -0.3 is 5.32 Å². The minimum absolute atomic E-state index is 0.176. The molecule has 1 aliphatic rings. The normalized spacial score (nSPS) is 16.7. The van der Waals surface area contributed by atoms with Gasteiger partial charge in [0.25, 0.3) is 0 Å². The van der Waals surface area contributed by atoms with E-state index in [4.69, 9.17) is 0 Å². The Labute approximate surface area is 121 Å². The molecular formula is C18H22N2. The van der Waals surface area contributed by atoms with Crippen LogP contribution in [0.15, 0.2) is 42.6 Å². The molecule has 1 unspecified atom stereocenters. The van der Waals surface area contributed by atoms with Crippen LogP contribution in [0.5, 0.6) is 0 Å². The predicted molar refractivity (Wildman–Crippen MR) is 82.9 cm³/mol. The Morgan fingerprint density at radius 1 is 1.20 bits per heavy atom. The van der Waals surface area contributed by atoms with E-state index in [1.807, 2.05) is 19.3 Å². The number of aromatic nitrogens is 1. The fraction of sp³-hybridized carbons (Fsp3) is 0.389. The van der Waals surface area contributed by atoms with Gasteiger partial charge in [0.15, 0.2) is 0 Å². The molecule has 2 aromatic rings. The minimum Gasteiger partial charge on any atom is -0.308 e. The van der Waals surface area contributed by atoms with Crippen LogP contribution in [0.4, 0.5) is 0 Å². The first-order valence-corrected chi connectivity index (χ1v) is 7.47. The lowest BCUT2D eigenvalue weighted by Gasteiger charge is -2.27. The van der Waals surface area contributed by atoms with E-state index >= 15 is 0 Å². The molecule has 0 amide bonds. The summed E-state index contributed by atoms with van der Waals surface area (Å²) >= 11 is 0. The van der Waals surface area contributed by atoms with Crippen LogP contribution < -0.4 is 5.32 Å². The average Bonchev–Trinajstić information content (AvgIpc) is 2.38. The van der Waals surface area contributed by atoms with Crippen molar-refractivity contribution >= 4 is 0 Å². The van der Waals surface area contributed by atoms with E-state index in [1.165, 1.54) is 36.0 Å². The maximum absolute atomic E-state index is 4.53. The van der Waals surface area contributed by atoms with Crippen LogP contribution >= 0.6 is 0 Å². The molecule has 1 fully saturated rings. The highest BCUT2D eigenvalue weighted by atomic mass is 14.9. The van der Waals surface area contributed by atoms with Crippen LogP contribution in [0.25, 0.3) is 0 Å². The van der Waals surface area contributed by atoms with Crippen LogP contribution in [0.2, 0.25) is 0 Å². The Morgan fingerprint density at radius 3 is 2.70 bits per heavy atom. The van der Waals surface area contributed by atoms with Gasteiger partial charge in [0.2, 0.25) is 0 Å². The van der Waals surface area contributed by atoms with Crippen molar-refractivity contribution in [1.82, 2.24) is 10.3 Å². The highest BCUT2D eigenvalue weighted by molar-refractivity contribution is 5.34. The quantitative estimate of drug-likeness (QED) is 0.906. The molecule has 1 aliphatic carbocycles. The highest BCUT2D eigenvalue weighted by Crippen LogP contribution is 2.37. The van der Waals surface area contributed by atoms with E-state index in [0.29, 0.717) is 0 Å². The molecule has 0 radical (unpaired) electrons. The molecule has 1 aromatic carbocycles. The van der Waals surface area contributed by atoms with Crippen molar-refractivity contribution in [2.24, 2.45) is 0 Å². The molecule has 1 atom stereocenters. The summed E-state index contributed by atoms with van der Waals surface area (Å²) in [5.74, 6) is 0.776. The monoisotopic (exact) mass is 266 g/mol. The molecule has 0 spiro atoms. The number of rotatable bonds is 4. The zero-order chi connectivity index (χ0) is 13.9. The van der Waals surface area contributed by atoms with E-state index in [1.54, 1.807) is 0 Å². The first-order chi connectivity index (χ1) is 9.78. The topological polar surface area (TPSA) is 24.9 Å². The molecule has 1 saturated carbocycles. The molecule has 1 aromatic heterocycles. The first-order valence-electron chi connectivity index (χ1n) is 7.47. The SMILES string of the molecule is CNC(c1cccc(C2CCC2)c1)c1cc(C)ccn1. The summed E-state index contributed by atoms with van der Waals surface area (Å²) in [6.45, 7) is 2.11. The molecule has 104 valence electrons. The van der Waals surface area contributed by atoms with E-state index in [2.05, 4.69) is 47.6 Å². The zero-order valence-corrected chi connectivity index (χ0v) is 12.3. The molecule has 2 nitrogen and oxygen atoms in total. The lowest BCUT2D eigenvalue weighted by atomic mass is 9.79. The van der Waals surface area contributed by atoms with Crippen molar-refractivity contribution in [2.75, 3.05) is 7.05 Å².